The van der Waals surface area contributed by atoms with Crippen LogP contribution in [0.5, 0.6) is 0 Å². The topological polar surface area (TPSA) is 37.3 Å². The zero-order valence-electron chi connectivity index (χ0n) is 10.6. The first-order chi connectivity index (χ1) is 8.56. The Kier molecular flexibility index (Phi) is 3.47. The van der Waals surface area contributed by atoms with Gasteiger partial charge in [-0.1, -0.05) is 48.0 Å². The van der Waals surface area contributed by atoms with E-state index < -0.39 is 5.97 Å². The molecule has 0 aliphatic rings. The highest BCUT2D eigenvalue weighted by atomic mass is 16.4. The van der Waals surface area contributed by atoms with Crippen LogP contribution in [0.25, 0.3) is 11.1 Å². The van der Waals surface area contributed by atoms with E-state index in [1.165, 1.54) is 5.56 Å². The van der Waals surface area contributed by atoms with Crippen molar-refractivity contribution in [2.75, 3.05) is 0 Å². The molecule has 2 aromatic carbocycles. The zero-order chi connectivity index (χ0) is 13.1. The van der Waals surface area contributed by atoms with E-state index in [9.17, 15) is 4.79 Å². The Morgan fingerprint density at radius 2 is 1.72 bits per heavy atom. The average molecular weight is 240 g/mol. The van der Waals surface area contributed by atoms with E-state index in [4.69, 9.17) is 5.11 Å². The Hall–Kier alpha value is -2.09. The minimum absolute atomic E-state index is 0.0686. The molecule has 2 rings (SSSR count). The van der Waals surface area contributed by atoms with Gasteiger partial charge in [0.25, 0.3) is 0 Å². The van der Waals surface area contributed by atoms with Crippen LogP contribution < -0.4 is 0 Å². The molecular weight excluding hydrogens is 224 g/mol. The molecule has 2 nitrogen and oxygen atoms in total. The maximum atomic E-state index is 10.7. The summed E-state index contributed by atoms with van der Waals surface area (Å²) in [5.74, 6) is -0.797. The minimum atomic E-state index is -0.797. The molecule has 2 heteroatoms. The van der Waals surface area contributed by atoms with Gasteiger partial charge in [0.1, 0.15) is 0 Å². The summed E-state index contributed by atoms with van der Waals surface area (Å²) in [5.41, 5.74) is 5.45. The van der Waals surface area contributed by atoms with Crippen LogP contribution in [0.4, 0.5) is 0 Å². The van der Waals surface area contributed by atoms with Crippen LogP contribution in [0.3, 0.4) is 0 Å². The maximum absolute atomic E-state index is 10.7. The normalized spacial score (nSPS) is 10.3. The molecule has 0 aliphatic heterocycles. The highest BCUT2D eigenvalue weighted by molar-refractivity contribution is 5.73. The average Bonchev–Trinajstić information content (AvgIpc) is 2.32. The summed E-state index contributed by atoms with van der Waals surface area (Å²) in [5, 5.41) is 8.83. The number of hydrogen-bond acceptors (Lipinski definition) is 1. The van der Waals surface area contributed by atoms with Crippen LogP contribution in [0.2, 0.25) is 0 Å². The fourth-order valence-electron chi connectivity index (χ4n) is 2.00. The molecule has 0 saturated heterocycles. The molecule has 0 radical (unpaired) electrons. The molecule has 0 aromatic heterocycles. The molecule has 0 heterocycles. The van der Waals surface area contributed by atoms with Crippen molar-refractivity contribution in [1.29, 1.82) is 0 Å². The molecule has 0 saturated carbocycles. The summed E-state index contributed by atoms with van der Waals surface area (Å²) in [7, 11) is 0. The predicted molar refractivity (Wildman–Crippen MR) is 72.7 cm³/mol. The van der Waals surface area contributed by atoms with Gasteiger partial charge >= 0.3 is 5.97 Å². The number of hydrogen-bond donors (Lipinski definition) is 1. The van der Waals surface area contributed by atoms with E-state index in [1.54, 1.807) is 0 Å². The quantitative estimate of drug-likeness (QED) is 0.890. The van der Waals surface area contributed by atoms with Crippen LogP contribution in [0.1, 0.15) is 16.7 Å². The number of aryl methyl sites for hydroxylation is 2. The van der Waals surface area contributed by atoms with Crippen LogP contribution in [-0.2, 0) is 11.2 Å². The van der Waals surface area contributed by atoms with Crippen molar-refractivity contribution in [3.63, 3.8) is 0 Å². The van der Waals surface area contributed by atoms with Crippen LogP contribution in [-0.4, -0.2) is 11.1 Å². The fraction of sp³-hybridized carbons (Fsp3) is 0.188. The fourth-order valence-corrected chi connectivity index (χ4v) is 2.00. The Morgan fingerprint density at radius 1 is 1.06 bits per heavy atom. The summed E-state index contributed by atoms with van der Waals surface area (Å²) >= 11 is 0. The van der Waals surface area contributed by atoms with Crippen LogP contribution in [0.15, 0.2) is 42.5 Å². The monoisotopic (exact) mass is 240 g/mol. The first-order valence-corrected chi connectivity index (χ1v) is 5.94. The van der Waals surface area contributed by atoms with Crippen molar-refractivity contribution in [2.24, 2.45) is 0 Å². The molecule has 0 fully saturated rings. The molecule has 0 bridgehead atoms. The highest BCUT2D eigenvalue weighted by Gasteiger charge is 2.06. The van der Waals surface area contributed by atoms with Crippen molar-refractivity contribution in [1.82, 2.24) is 0 Å². The summed E-state index contributed by atoms with van der Waals surface area (Å²) in [6.45, 7) is 4.09. The zero-order valence-corrected chi connectivity index (χ0v) is 10.6. The molecule has 0 aliphatic carbocycles. The second-order valence-corrected chi connectivity index (χ2v) is 4.59. The van der Waals surface area contributed by atoms with E-state index in [0.717, 1.165) is 22.3 Å². The van der Waals surface area contributed by atoms with E-state index in [2.05, 4.69) is 31.2 Å². The standard InChI is InChI=1S/C16H16O2/c1-11-3-7-14(8-4-11)15-9-13(10-16(17)18)6-5-12(15)2/h3-9H,10H2,1-2H3,(H,17,18). The molecule has 18 heavy (non-hydrogen) atoms. The third-order valence-corrected chi connectivity index (χ3v) is 3.02. The van der Waals surface area contributed by atoms with Crippen molar-refractivity contribution in [3.8, 4) is 11.1 Å². The molecule has 92 valence electrons. The summed E-state index contributed by atoms with van der Waals surface area (Å²) in [4.78, 5) is 10.7. The molecule has 1 N–H and O–H groups in total. The first-order valence-electron chi connectivity index (χ1n) is 5.94. The second-order valence-electron chi connectivity index (χ2n) is 4.59. The lowest BCUT2D eigenvalue weighted by Gasteiger charge is -2.08. The summed E-state index contributed by atoms with van der Waals surface area (Å²) in [6.07, 6.45) is 0.0686. The van der Waals surface area contributed by atoms with Crippen molar-refractivity contribution in [3.05, 3.63) is 59.2 Å². The number of benzene rings is 2. The van der Waals surface area contributed by atoms with E-state index in [0.29, 0.717) is 0 Å². The van der Waals surface area contributed by atoms with Gasteiger partial charge in [0, 0.05) is 0 Å². The van der Waals surface area contributed by atoms with Crippen molar-refractivity contribution in [2.45, 2.75) is 20.3 Å². The number of aliphatic carboxylic acids is 1. The van der Waals surface area contributed by atoms with Crippen LogP contribution >= 0.6 is 0 Å². The predicted octanol–water partition coefficient (Wildman–Crippen LogP) is 3.60. The minimum Gasteiger partial charge on any atom is -0.481 e. The Balaban J connectivity index is 2.42. The van der Waals surface area contributed by atoms with Gasteiger partial charge in [0.05, 0.1) is 6.42 Å². The largest absolute Gasteiger partial charge is 0.481 e. The lowest BCUT2D eigenvalue weighted by molar-refractivity contribution is -0.136. The third-order valence-electron chi connectivity index (χ3n) is 3.02. The van der Waals surface area contributed by atoms with Gasteiger partial charge in [0.15, 0.2) is 0 Å². The molecular formula is C16H16O2. The highest BCUT2D eigenvalue weighted by Crippen LogP contribution is 2.25. The summed E-state index contributed by atoms with van der Waals surface area (Å²) < 4.78 is 0. The lowest BCUT2D eigenvalue weighted by atomic mass is 9.96. The Morgan fingerprint density at radius 3 is 2.33 bits per heavy atom. The molecule has 2 aromatic rings. The maximum Gasteiger partial charge on any atom is 0.307 e. The molecule has 0 spiro atoms. The third kappa shape index (κ3) is 2.77. The molecule has 0 amide bonds. The van der Waals surface area contributed by atoms with E-state index in [-0.39, 0.29) is 6.42 Å². The first kappa shape index (κ1) is 12.4. The van der Waals surface area contributed by atoms with Crippen molar-refractivity contribution < 1.29 is 9.90 Å². The van der Waals surface area contributed by atoms with E-state index >= 15 is 0 Å². The van der Waals surface area contributed by atoms with Crippen molar-refractivity contribution >= 4 is 5.97 Å². The van der Waals surface area contributed by atoms with Gasteiger partial charge in [-0.15, -0.1) is 0 Å². The smallest absolute Gasteiger partial charge is 0.307 e. The molecule has 0 unspecified atom stereocenters. The van der Waals surface area contributed by atoms with Gasteiger partial charge in [-0.05, 0) is 36.1 Å². The van der Waals surface area contributed by atoms with Gasteiger partial charge in [-0.3, -0.25) is 4.79 Å². The number of carboxylic acid groups (broad SMARTS) is 1. The van der Waals surface area contributed by atoms with Gasteiger partial charge in [0.2, 0.25) is 0 Å². The summed E-state index contributed by atoms with van der Waals surface area (Å²) in [6, 6.07) is 14.1. The van der Waals surface area contributed by atoms with Gasteiger partial charge < -0.3 is 5.11 Å². The second kappa shape index (κ2) is 5.05. The van der Waals surface area contributed by atoms with Gasteiger partial charge in [-0.2, -0.15) is 0 Å². The van der Waals surface area contributed by atoms with Gasteiger partial charge in [-0.25, -0.2) is 0 Å². The Bertz CT molecular complexity index is 568. The Labute approximate surface area is 107 Å². The lowest BCUT2D eigenvalue weighted by Crippen LogP contribution is -2.00. The number of rotatable bonds is 3. The van der Waals surface area contributed by atoms with Crippen LogP contribution in [0, 0.1) is 13.8 Å². The SMILES string of the molecule is Cc1ccc(-c2cc(CC(=O)O)ccc2C)cc1. The molecule has 0 atom stereocenters. The number of carbonyl (C=O) groups is 1. The number of carboxylic acids is 1. The van der Waals surface area contributed by atoms with E-state index in [1.807, 2.05) is 25.1 Å².